The molecule has 2 rings (SSSR count). The third-order valence-electron chi connectivity index (χ3n) is 4.30. The minimum atomic E-state index is -2.54. The summed E-state index contributed by atoms with van der Waals surface area (Å²) in [5.41, 5.74) is 0. The molecule has 128 valence electrons. The summed E-state index contributed by atoms with van der Waals surface area (Å²) in [6.45, 7) is 8.92. The molecule has 0 saturated heterocycles. The molecule has 24 heavy (non-hydrogen) atoms. The molecule has 0 unspecified atom stereocenters. The van der Waals surface area contributed by atoms with E-state index in [0.717, 1.165) is 0 Å². The Morgan fingerprint density at radius 3 is 1.79 bits per heavy atom. The fraction of sp³-hybridized carbons (Fsp3) is 0.333. The number of benzene rings is 2. The fourth-order valence-electron chi connectivity index (χ4n) is 3.25. The molecule has 3 heteroatoms. The summed E-state index contributed by atoms with van der Waals surface area (Å²) in [5, 5.41) is 12.6. The zero-order valence-electron chi connectivity index (χ0n) is 15.1. The molecule has 1 atom stereocenters. The number of aliphatic hydroxyl groups is 1. The van der Waals surface area contributed by atoms with E-state index in [2.05, 4.69) is 69.3 Å². The average molecular weight is 341 g/mol. The lowest BCUT2D eigenvalue weighted by atomic mass is 10.2. The predicted octanol–water partition coefficient (Wildman–Crippen LogP) is 3.50. The van der Waals surface area contributed by atoms with Crippen LogP contribution in [-0.2, 0) is 4.43 Å². The number of hydrogen-bond acceptors (Lipinski definition) is 2. The maximum atomic E-state index is 10.2. The van der Waals surface area contributed by atoms with Gasteiger partial charge in [0, 0.05) is 0 Å². The van der Waals surface area contributed by atoms with Crippen molar-refractivity contribution in [2.24, 2.45) is 0 Å². The molecule has 0 aromatic heterocycles. The van der Waals surface area contributed by atoms with E-state index < -0.39 is 14.4 Å². The summed E-state index contributed by atoms with van der Waals surface area (Å²) in [6.07, 6.45) is 3.05. The Bertz CT molecular complexity index is 605. The van der Waals surface area contributed by atoms with E-state index in [1.54, 1.807) is 6.08 Å². The van der Waals surface area contributed by atoms with Crippen molar-refractivity contribution in [2.45, 2.75) is 38.8 Å². The van der Waals surface area contributed by atoms with Crippen LogP contribution in [0.15, 0.2) is 72.8 Å². The summed E-state index contributed by atoms with van der Waals surface area (Å²) in [5.74, 6) is 0. The Morgan fingerprint density at radius 2 is 1.42 bits per heavy atom. The van der Waals surface area contributed by atoms with Crippen molar-refractivity contribution >= 4 is 18.7 Å². The summed E-state index contributed by atoms with van der Waals surface area (Å²) >= 11 is 0. The second-order valence-electron chi connectivity index (χ2n) is 7.07. The Morgan fingerprint density at radius 1 is 0.958 bits per heavy atom. The molecule has 0 spiro atoms. The van der Waals surface area contributed by atoms with Gasteiger partial charge in [-0.25, -0.2) is 0 Å². The van der Waals surface area contributed by atoms with E-state index in [9.17, 15) is 5.11 Å². The topological polar surface area (TPSA) is 29.5 Å². The minimum absolute atomic E-state index is 0.0641. The van der Waals surface area contributed by atoms with E-state index >= 15 is 0 Å². The van der Waals surface area contributed by atoms with Crippen LogP contribution in [0.25, 0.3) is 0 Å². The number of rotatable bonds is 6. The van der Waals surface area contributed by atoms with Crippen LogP contribution < -0.4 is 10.4 Å². The van der Waals surface area contributed by atoms with Gasteiger partial charge in [0.25, 0.3) is 8.32 Å². The van der Waals surface area contributed by atoms with Crippen LogP contribution in [0.3, 0.4) is 0 Å². The Labute approximate surface area is 146 Å². The molecule has 2 aromatic carbocycles. The quantitative estimate of drug-likeness (QED) is 0.644. The van der Waals surface area contributed by atoms with Gasteiger partial charge < -0.3 is 9.53 Å². The molecule has 0 bridgehead atoms. The first kappa shape index (κ1) is 18.7. The normalized spacial score (nSPS) is 14.0. The van der Waals surface area contributed by atoms with Crippen molar-refractivity contribution in [1.29, 1.82) is 0 Å². The molecule has 0 aliphatic rings. The van der Waals surface area contributed by atoms with Crippen LogP contribution in [0.2, 0.25) is 5.04 Å². The third-order valence-corrected chi connectivity index (χ3v) is 9.31. The Kier molecular flexibility index (Phi) is 6.16. The summed E-state index contributed by atoms with van der Waals surface area (Å²) < 4.78 is 6.62. The van der Waals surface area contributed by atoms with E-state index in [1.807, 2.05) is 25.1 Å². The van der Waals surface area contributed by atoms with Crippen LogP contribution in [-0.4, -0.2) is 26.1 Å². The molecule has 1 N–H and O–H groups in total. The first-order chi connectivity index (χ1) is 11.4. The molecular formula is C21H28O2Si. The van der Waals surface area contributed by atoms with Gasteiger partial charge in [-0.1, -0.05) is 93.6 Å². The fourth-order valence-corrected chi connectivity index (χ4v) is 7.83. The highest BCUT2D eigenvalue weighted by Crippen LogP contribution is 2.36. The summed E-state index contributed by atoms with van der Waals surface area (Å²) in [6, 6.07) is 21.0. The first-order valence-electron chi connectivity index (χ1n) is 8.47. The van der Waals surface area contributed by atoms with E-state index in [-0.39, 0.29) is 5.04 Å². The maximum absolute atomic E-state index is 10.2. The van der Waals surface area contributed by atoms with Crippen molar-refractivity contribution in [3.05, 3.63) is 72.8 Å². The lowest BCUT2D eigenvalue weighted by molar-refractivity contribution is 0.138. The second-order valence-corrected chi connectivity index (χ2v) is 11.4. The van der Waals surface area contributed by atoms with Gasteiger partial charge in [-0.2, -0.15) is 0 Å². The Hall–Kier alpha value is -1.68. The standard InChI is InChI=1S/C21H28O2Si/c1-5-12-18(22)17-23-24(21(2,3)4,19-13-8-6-9-14-19)20-15-10-7-11-16-20/h5-16,18,22H,17H2,1-4H3/b12-5+/t18-/m0/s1. The molecular weight excluding hydrogens is 312 g/mol. The highest BCUT2D eigenvalue weighted by molar-refractivity contribution is 6.99. The first-order valence-corrected chi connectivity index (χ1v) is 10.4. The van der Waals surface area contributed by atoms with E-state index in [0.29, 0.717) is 6.61 Å². The molecule has 0 fully saturated rings. The van der Waals surface area contributed by atoms with Gasteiger partial charge in [0.15, 0.2) is 0 Å². The monoisotopic (exact) mass is 340 g/mol. The van der Waals surface area contributed by atoms with Crippen molar-refractivity contribution in [2.75, 3.05) is 6.61 Å². The smallest absolute Gasteiger partial charge is 0.261 e. The molecule has 0 saturated carbocycles. The Balaban J connectivity index is 2.57. The van der Waals surface area contributed by atoms with Gasteiger partial charge in [0.05, 0.1) is 12.7 Å². The molecule has 0 aliphatic heterocycles. The van der Waals surface area contributed by atoms with Gasteiger partial charge in [-0.05, 0) is 22.3 Å². The zero-order chi connectivity index (χ0) is 17.6. The lowest BCUT2D eigenvalue weighted by Gasteiger charge is -2.43. The molecule has 2 nitrogen and oxygen atoms in total. The highest BCUT2D eigenvalue weighted by Gasteiger charge is 2.50. The molecule has 0 heterocycles. The number of hydrogen-bond donors (Lipinski definition) is 1. The van der Waals surface area contributed by atoms with Crippen molar-refractivity contribution in [3.63, 3.8) is 0 Å². The van der Waals surface area contributed by atoms with Crippen LogP contribution in [0.5, 0.6) is 0 Å². The van der Waals surface area contributed by atoms with Crippen molar-refractivity contribution < 1.29 is 9.53 Å². The minimum Gasteiger partial charge on any atom is -0.404 e. The highest BCUT2D eigenvalue weighted by atomic mass is 28.4. The zero-order valence-corrected chi connectivity index (χ0v) is 16.1. The average Bonchev–Trinajstić information content (AvgIpc) is 2.56. The van der Waals surface area contributed by atoms with Crippen LogP contribution in [0.4, 0.5) is 0 Å². The van der Waals surface area contributed by atoms with Crippen LogP contribution in [0.1, 0.15) is 27.7 Å². The molecule has 0 amide bonds. The number of allylic oxidation sites excluding steroid dienone is 1. The third kappa shape index (κ3) is 3.86. The van der Waals surface area contributed by atoms with Gasteiger partial charge in [0.1, 0.15) is 0 Å². The second kappa shape index (κ2) is 7.93. The van der Waals surface area contributed by atoms with Gasteiger partial charge >= 0.3 is 0 Å². The summed E-state index contributed by atoms with van der Waals surface area (Å²) in [7, 11) is -2.54. The molecule has 0 radical (unpaired) electrons. The van der Waals surface area contributed by atoms with Gasteiger partial charge in [-0.3, -0.25) is 0 Å². The summed E-state index contributed by atoms with van der Waals surface area (Å²) in [4.78, 5) is 0. The number of aliphatic hydroxyl groups excluding tert-OH is 1. The predicted molar refractivity (Wildman–Crippen MR) is 104 cm³/mol. The lowest BCUT2D eigenvalue weighted by Crippen LogP contribution is -2.67. The van der Waals surface area contributed by atoms with E-state index in [1.165, 1.54) is 10.4 Å². The van der Waals surface area contributed by atoms with Crippen LogP contribution in [0, 0.1) is 0 Å². The van der Waals surface area contributed by atoms with Gasteiger partial charge in [-0.15, -0.1) is 0 Å². The SMILES string of the molecule is C/C=C/[C@H](O)CO[Si](c1ccccc1)(c1ccccc1)C(C)(C)C. The van der Waals surface area contributed by atoms with E-state index in [4.69, 9.17) is 4.43 Å². The maximum Gasteiger partial charge on any atom is 0.261 e. The largest absolute Gasteiger partial charge is 0.404 e. The van der Waals surface area contributed by atoms with Crippen molar-refractivity contribution in [3.8, 4) is 0 Å². The van der Waals surface area contributed by atoms with Crippen LogP contribution >= 0.6 is 0 Å². The van der Waals surface area contributed by atoms with Crippen molar-refractivity contribution in [1.82, 2.24) is 0 Å². The van der Waals surface area contributed by atoms with Gasteiger partial charge in [0.2, 0.25) is 0 Å². The molecule has 2 aromatic rings. The molecule has 0 aliphatic carbocycles.